The Hall–Kier alpha value is -2.50. The van der Waals surface area contributed by atoms with E-state index in [2.05, 4.69) is 9.97 Å². The molecular formula is C21H21F4N3O3S. The summed E-state index contributed by atoms with van der Waals surface area (Å²) in [6.45, 7) is 0.869. The van der Waals surface area contributed by atoms with Crippen LogP contribution in [0.1, 0.15) is 17.0 Å². The lowest BCUT2D eigenvalue weighted by atomic mass is 10.2. The largest absolute Gasteiger partial charge is 0.416 e. The van der Waals surface area contributed by atoms with Crippen molar-refractivity contribution in [1.29, 1.82) is 0 Å². The molecule has 0 saturated carbocycles. The van der Waals surface area contributed by atoms with Crippen LogP contribution >= 0.6 is 0 Å². The minimum absolute atomic E-state index is 0.0575. The van der Waals surface area contributed by atoms with Gasteiger partial charge in [0, 0.05) is 25.9 Å². The Morgan fingerprint density at radius 3 is 2.53 bits per heavy atom. The summed E-state index contributed by atoms with van der Waals surface area (Å²) in [4.78, 5) is 9.08. The van der Waals surface area contributed by atoms with Gasteiger partial charge in [-0.3, -0.25) is 4.90 Å². The zero-order chi connectivity index (χ0) is 23.1. The van der Waals surface area contributed by atoms with E-state index < -0.39 is 33.9 Å². The smallest absolute Gasteiger partial charge is 0.366 e. The van der Waals surface area contributed by atoms with Gasteiger partial charge in [0.25, 0.3) is 0 Å². The number of likely N-dealkylation sites (tertiary alicyclic amines) is 1. The van der Waals surface area contributed by atoms with Crippen LogP contribution in [0.5, 0.6) is 0 Å². The van der Waals surface area contributed by atoms with E-state index in [0.717, 1.165) is 24.0 Å². The number of aromatic amines is 1. The van der Waals surface area contributed by atoms with Crippen molar-refractivity contribution in [3.8, 4) is 0 Å². The van der Waals surface area contributed by atoms with Crippen LogP contribution in [0.25, 0.3) is 11.0 Å². The zero-order valence-corrected chi connectivity index (χ0v) is 17.9. The fourth-order valence-electron chi connectivity index (χ4n) is 3.69. The van der Waals surface area contributed by atoms with E-state index in [9.17, 15) is 26.0 Å². The second-order valence-electron chi connectivity index (χ2n) is 7.89. The van der Waals surface area contributed by atoms with E-state index >= 15 is 0 Å². The first-order chi connectivity index (χ1) is 15.0. The van der Waals surface area contributed by atoms with Crippen molar-refractivity contribution in [2.75, 3.05) is 19.3 Å². The number of alkyl halides is 4. The number of nitrogens with zero attached hydrogens (tertiary/aromatic N) is 2. The number of nitrogens with one attached hydrogen (secondary N) is 1. The second kappa shape index (κ2) is 8.45. The standard InChI is InChI=1S/C21H21F4N3O3S/c1-32(29,30)15-5-2-13(3-6-15)9-28-10-16(22)19(11-28)31-12-20-26-17-7-4-14(21(23,24)25)8-18(17)27-20/h2-8,16,19H,9-12H2,1H3,(H,26,27)/t16-,19+/m1/s1. The molecule has 1 aliphatic heterocycles. The summed E-state index contributed by atoms with van der Waals surface area (Å²) in [6.07, 6.45) is -5.25. The highest BCUT2D eigenvalue weighted by molar-refractivity contribution is 7.90. The van der Waals surface area contributed by atoms with E-state index in [1.54, 1.807) is 12.1 Å². The molecule has 32 heavy (non-hydrogen) atoms. The van der Waals surface area contributed by atoms with Gasteiger partial charge in [-0.1, -0.05) is 12.1 Å². The first-order valence-electron chi connectivity index (χ1n) is 9.82. The summed E-state index contributed by atoms with van der Waals surface area (Å²) in [5.74, 6) is 0.321. The predicted octanol–water partition coefficient (Wildman–Crippen LogP) is 3.72. The van der Waals surface area contributed by atoms with Crippen molar-refractivity contribution >= 4 is 20.9 Å². The Morgan fingerprint density at radius 1 is 1.16 bits per heavy atom. The van der Waals surface area contributed by atoms with Crippen LogP contribution in [-0.4, -0.2) is 54.9 Å². The molecule has 1 aliphatic rings. The Bertz CT molecular complexity index is 1210. The molecule has 1 fully saturated rings. The van der Waals surface area contributed by atoms with Crippen LogP contribution in [0.2, 0.25) is 0 Å². The molecule has 2 heterocycles. The number of fused-ring (bicyclic) bond motifs is 1. The molecule has 6 nitrogen and oxygen atoms in total. The first kappa shape index (κ1) is 22.7. The van der Waals surface area contributed by atoms with E-state index in [1.165, 1.54) is 18.2 Å². The molecule has 0 radical (unpaired) electrons. The summed E-state index contributed by atoms with van der Waals surface area (Å²) in [7, 11) is -3.28. The van der Waals surface area contributed by atoms with Crippen molar-refractivity contribution < 1.29 is 30.7 Å². The topological polar surface area (TPSA) is 75.3 Å². The van der Waals surface area contributed by atoms with E-state index in [0.29, 0.717) is 24.4 Å². The average molecular weight is 471 g/mol. The maximum Gasteiger partial charge on any atom is 0.416 e. The van der Waals surface area contributed by atoms with Crippen molar-refractivity contribution in [1.82, 2.24) is 14.9 Å². The Morgan fingerprint density at radius 2 is 1.88 bits per heavy atom. The third kappa shape index (κ3) is 5.11. The average Bonchev–Trinajstić information content (AvgIpc) is 3.27. The molecule has 0 unspecified atom stereocenters. The summed E-state index contributed by atoms with van der Waals surface area (Å²) in [5.41, 5.74) is 0.684. The van der Waals surface area contributed by atoms with E-state index in [-0.39, 0.29) is 23.6 Å². The van der Waals surface area contributed by atoms with Crippen molar-refractivity contribution in [3.63, 3.8) is 0 Å². The van der Waals surface area contributed by atoms with Gasteiger partial charge in [-0.25, -0.2) is 17.8 Å². The van der Waals surface area contributed by atoms with Crippen LogP contribution < -0.4 is 0 Å². The van der Waals surface area contributed by atoms with Gasteiger partial charge >= 0.3 is 6.18 Å². The summed E-state index contributed by atoms with van der Waals surface area (Å²) in [5, 5.41) is 0. The van der Waals surface area contributed by atoms with Crippen LogP contribution in [-0.2, 0) is 33.9 Å². The molecule has 1 aromatic heterocycles. The Labute approximate surface area is 182 Å². The second-order valence-corrected chi connectivity index (χ2v) is 9.90. The highest BCUT2D eigenvalue weighted by Gasteiger charge is 2.34. The number of H-pyrrole nitrogens is 1. The lowest BCUT2D eigenvalue weighted by Crippen LogP contribution is -2.24. The summed E-state index contributed by atoms with van der Waals surface area (Å²) in [6, 6.07) is 9.66. The molecule has 3 aromatic rings. The fourth-order valence-corrected chi connectivity index (χ4v) is 4.32. The Balaban J connectivity index is 1.35. The lowest BCUT2D eigenvalue weighted by Gasteiger charge is -2.16. The molecule has 0 bridgehead atoms. The third-order valence-corrected chi connectivity index (χ3v) is 6.45. The first-order valence-corrected chi connectivity index (χ1v) is 11.7. The number of hydrogen-bond acceptors (Lipinski definition) is 5. The SMILES string of the molecule is CS(=O)(=O)c1ccc(CN2C[C@@H](F)[C@@H](OCc3nc4ccc(C(F)(F)F)cc4[nH]3)C2)cc1. The molecule has 0 aliphatic carbocycles. The predicted molar refractivity (Wildman–Crippen MR) is 109 cm³/mol. The number of hydrogen-bond donors (Lipinski definition) is 1. The molecule has 11 heteroatoms. The summed E-state index contributed by atoms with van der Waals surface area (Å²) < 4.78 is 81.7. The minimum atomic E-state index is -4.45. The molecule has 1 saturated heterocycles. The lowest BCUT2D eigenvalue weighted by molar-refractivity contribution is -0.137. The number of sulfone groups is 1. The fraction of sp³-hybridized carbons (Fsp3) is 0.381. The summed E-state index contributed by atoms with van der Waals surface area (Å²) >= 11 is 0. The highest BCUT2D eigenvalue weighted by Crippen LogP contribution is 2.31. The molecule has 2 aromatic carbocycles. The van der Waals surface area contributed by atoms with Crippen LogP contribution in [0.15, 0.2) is 47.4 Å². The number of imidazole rings is 1. The number of benzene rings is 2. The van der Waals surface area contributed by atoms with E-state index in [4.69, 9.17) is 4.74 Å². The van der Waals surface area contributed by atoms with Gasteiger partial charge < -0.3 is 9.72 Å². The molecule has 0 spiro atoms. The minimum Gasteiger partial charge on any atom is -0.366 e. The maximum atomic E-state index is 14.5. The molecular weight excluding hydrogens is 450 g/mol. The normalized spacial score (nSPS) is 20.3. The van der Waals surface area contributed by atoms with Gasteiger partial charge in [0.2, 0.25) is 0 Å². The number of rotatable bonds is 6. The van der Waals surface area contributed by atoms with Gasteiger partial charge in [0.1, 0.15) is 24.7 Å². The van der Waals surface area contributed by atoms with Gasteiger partial charge in [0.15, 0.2) is 9.84 Å². The van der Waals surface area contributed by atoms with Gasteiger partial charge in [-0.15, -0.1) is 0 Å². The monoisotopic (exact) mass is 471 g/mol. The zero-order valence-electron chi connectivity index (χ0n) is 17.1. The Kier molecular flexibility index (Phi) is 5.99. The van der Waals surface area contributed by atoms with E-state index in [1.807, 2.05) is 4.90 Å². The molecule has 2 atom stereocenters. The molecule has 0 amide bonds. The van der Waals surface area contributed by atoms with Crippen molar-refractivity contribution in [2.45, 2.75) is 36.5 Å². The maximum absolute atomic E-state index is 14.5. The highest BCUT2D eigenvalue weighted by atomic mass is 32.2. The molecule has 4 rings (SSSR count). The van der Waals surface area contributed by atoms with Gasteiger partial charge in [-0.05, 0) is 35.9 Å². The number of halogens is 4. The van der Waals surface area contributed by atoms with Gasteiger partial charge in [-0.2, -0.15) is 13.2 Å². The molecule has 1 N–H and O–H groups in total. The number of ether oxygens (including phenoxy) is 1. The quantitative estimate of drug-likeness (QED) is 0.555. The number of aromatic nitrogens is 2. The van der Waals surface area contributed by atoms with Crippen molar-refractivity contribution in [2.24, 2.45) is 0 Å². The van der Waals surface area contributed by atoms with Gasteiger partial charge in [0.05, 0.1) is 21.5 Å². The third-order valence-electron chi connectivity index (χ3n) is 5.32. The molecule has 172 valence electrons. The van der Waals surface area contributed by atoms with Crippen molar-refractivity contribution in [3.05, 3.63) is 59.4 Å². The van der Waals surface area contributed by atoms with Crippen LogP contribution in [0, 0.1) is 0 Å². The van der Waals surface area contributed by atoms with Crippen LogP contribution in [0.3, 0.4) is 0 Å². The van der Waals surface area contributed by atoms with Crippen LogP contribution in [0.4, 0.5) is 17.6 Å².